The van der Waals surface area contributed by atoms with Crippen molar-refractivity contribution in [2.75, 3.05) is 12.4 Å². The monoisotopic (exact) mass is 320 g/mol. The van der Waals surface area contributed by atoms with Crippen molar-refractivity contribution < 1.29 is 15.6 Å². The average Bonchev–Trinajstić information content (AvgIpc) is 2.53. The highest BCUT2D eigenvalue weighted by atomic mass is 35.5. The van der Waals surface area contributed by atoms with Crippen molar-refractivity contribution in [3.8, 4) is 11.5 Å². The van der Waals surface area contributed by atoms with Crippen LogP contribution in [0.2, 0.25) is 5.02 Å². The molecule has 1 heterocycles. The predicted octanol–water partition coefficient (Wildman–Crippen LogP) is 3.88. The summed E-state index contributed by atoms with van der Waals surface area (Å²) in [6.07, 6.45) is 1.30. The average molecular weight is 321 g/mol. The van der Waals surface area contributed by atoms with Crippen molar-refractivity contribution in [1.29, 1.82) is 0 Å². The molecule has 2 N–H and O–H groups in total. The van der Waals surface area contributed by atoms with Gasteiger partial charge < -0.3 is 15.2 Å². The Balaban J connectivity index is 2.07. The van der Waals surface area contributed by atoms with E-state index in [0.29, 0.717) is 16.7 Å². The summed E-state index contributed by atoms with van der Waals surface area (Å²) in [6.45, 7) is 0. The molecule has 2 aromatic carbocycles. The Morgan fingerprint density at radius 1 is 1.36 bits per heavy atom. The van der Waals surface area contributed by atoms with Crippen LogP contribution in [-0.2, 0) is 0 Å². The van der Waals surface area contributed by atoms with Gasteiger partial charge in [-0.25, -0.2) is 14.4 Å². The molecule has 0 saturated carbocycles. The number of hydrogen-bond donors (Lipinski definition) is 2. The molecule has 5 nitrogen and oxygen atoms in total. The number of fused-ring (bicyclic) bond motifs is 1. The van der Waals surface area contributed by atoms with Gasteiger partial charge >= 0.3 is 0 Å². The minimum Gasteiger partial charge on any atom is -0.504 e. The van der Waals surface area contributed by atoms with Crippen molar-refractivity contribution in [2.24, 2.45) is 0 Å². The summed E-state index contributed by atoms with van der Waals surface area (Å²) in [7, 11) is -0.330. The van der Waals surface area contributed by atoms with Gasteiger partial charge in [-0.05, 0) is 18.2 Å². The molecule has 1 aromatic heterocycles. The van der Waals surface area contributed by atoms with Gasteiger partial charge in [0.05, 0.1) is 24.7 Å². The van der Waals surface area contributed by atoms with Crippen LogP contribution >= 0.6 is 11.6 Å². The van der Waals surface area contributed by atoms with Gasteiger partial charge in [0, 0.05) is 11.5 Å². The number of hydrogen-bond acceptors (Lipinski definition) is 5. The van der Waals surface area contributed by atoms with Crippen LogP contribution in [0.25, 0.3) is 10.9 Å². The highest BCUT2D eigenvalue weighted by molar-refractivity contribution is 6.31. The number of aromatic hydroxyl groups is 1. The Kier molecular flexibility index (Phi) is 3.36. The number of nitrogens with one attached hydrogen (secondary N) is 1. The molecule has 3 rings (SSSR count). The van der Waals surface area contributed by atoms with Crippen LogP contribution in [-0.4, -0.2) is 22.2 Å². The molecule has 22 heavy (non-hydrogen) atoms. The first-order valence-electron chi connectivity index (χ1n) is 6.91. The van der Waals surface area contributed by atoms with Crippen LogP contribution in [0.4, 0.5) is 15.9 Å². The first kappa shape index (κ1) is 13.1. The second-order valence-electron chi connectivity index (χ2n) is 4.43. The molecule has 0 bridgehead atoms. The lowest BCUT2D eigenvalue weighted by molar-refractivity contribution is 0.374. The van der Waals surface area contributed by atoms with Crippen LogP contribution < -0.4 is 10.1 Å². The lowest BCUT2D eigenvalue weighted by atomic mass is 10.2. The summed E-state index contributed by atoms with van der Waals surface area (Å²) >= 11 is 5.76. The largest absolute Gasteiger partial charge is 0.504 e. The molecule has 0 aliphatic heterocycles. The molecular weight excluding hydrogens is 309 g/mol. The third-order valence-corrected chi connectivity index (χ3v) is 3.37. The third kappa shape index (κ3) is 2.48. The molecule has 0 saturated heterocycles. The van der Waals surface area contributed by atoms with Crippen molar-refractivity contribution in [3.63, 3.8) is 0 Å². The zero-order valence-corrected chi connectivity index (χ0v) is 11.9. The van der Waals surface area contributed by atoms with Crippen molar-refractivity contribution in [3.05, 3.63) is 47.5 Å². The van der Waals surface area contributed by atoms with E-state index < -0.39 is 5.82 Å². The fourth-order valence-corrected chi connectivity index (χ4v) is 2.19. The molecule has 0 amide bonds. The summed E-state index contributed by atoms with van der Waals surface area (Å²) in [6, 6.07) is 7.45. The Morgan fingerprint density at radius 2 is 2.23 bits per heavy atom. The highest BCUT2D eigenvalue weighted by Gasteiger charge is 2.12. The second-order valence-corrected chi connectivity index (χ2v) is 4.84. The van der Waals surface area contributed by atoms with Crippen LogP contribution in [0, 0.1) is 5.82 Å². The first-order chi connectivity index (χ1) is 11.1. The third-order valence-electron chi connectivity index (χ3n) is 3.08. The van der Waals surface area contributed by atoms with Crippen molar-refractivity contribution >= 4 is 34.0 Å². The fourth-order valence-electron chi connectivity index (χ4n) is 2.02. The molecule has 0 fully saturated rings. The molecular formula is C15H11ClFN3O2. The number of aromatic nitrogens is 2. The number of anilines is 2. The second kappa shape index (κ2) is 5.65. The Labute approximate surface area is 131 Å². The van der Waals surface area contributed by atoms with Crippen LogP contribution in [0.5, 0.6) is 11.5 Å². The summed E-state index contributed by atoms with van der Waals surface area (Å²) < 4.78 is 26.0. The SMILES string of the molecule is [2H]COc1cc2ncnc(Nc3cccc(Cl)c3F)c2cc1O. The van der Waals surface area contributed by atoms with E-state index in [1.54, 1.807) is 6.07 Å². The van der Waals surface area contributed by atoms with Crippen LogP contribution in [0.1, 0.15) is 1.37 Å². The van der Waals surface area contributed by atoms with E-state index in [2.05, 4.69) is 15.3 Å². The van der Waals surface area contributed by atoms with Gasteiger partial charge in [0.1, 0.15) is 12.1 Å². The van der Waals surface area contributed by atoms with Gasteiger partial charge in [-0.3, -0.25) is 0 Å². The fraction of sp³-hybridized carbons (Fsp3) is 0.0667. The summed E-state index contributed by atoms with van der Waals surface area (Å²) in [4.78, 5) is 8.15. The quantitative estimate of drug-likeness (QED) is 0.766. The molecule has 0 atom stereocenters. The molecule has 3 aromatic rings. The Hall–Kier alpha value is -2.60. The van der Waals surface area contributed by atoms with E-state index in [9.17, 15) is 9.50 Å². The van der Waals surface area contributed by atoms with E-state index in [4.69, 9.17) is 17.7 Å². The van der Waals surface area contributed by atoms with Gasteiger partial charge in [0.15, 0.2) is 17.3 Å². The number of benzene rings is 2. The lowest BCUT2D eigenvalue weighted by Crippen LogP contribution is -1.99. The van der Waals surface area contributed by atoms with Gasteiger partial charge in [-0.15, -0.1) is 0 Å². The maximum Gasteiger partial charge on any atom is 0.165 e. The van der Waals surface area contributed by atoms with E-state index >= 15 is 0 Å². The number of phenols is 1. The number of phenolic OH excluding ortho intramolecular Hbond substituents is 1. The predicted molar refractivity (Wildman–Crippen MR) is 82.4 cm³/mol. The zero-order chi connectivity index (χ0) is 16.4. The summed E-state index contributed by atoms with van der Waals surface area (Å²) in [5.74, 6) is -0.302. The van der Waals surface area contributed by atoms with Gasteiger partial charge in [-0.2, -0.15) is 0 Å². The van der Waals surface area contributed by atoms with Crippen LogP contribution in [0.3, 0.4) is 0 Å². The number of nitrogens with zero attached hydrogens (tertiary/aromatic N) is 2. The maximum atomic E-state index is 14.0. The first-order valence-corrected chi connectivity index (χ1v) is 6.58. The van der Waals surface area contributed by atoms with E-state index in [-0.39, 0.29) is 29.3 Å². The molecule has 112 valence electrons. The summed E-state index contributed by atoms with van der Waals surface area (Å²) in [5, 5.41) is 13.2. The van der Waals surface area contributed by atoms with E-state index in [1.165, 1.54) is 30.6 Å². The van der Waals surface area contributed by atoms with Gasteiger partial charge in [0.25, 0.3) is 0 Å². The zero-order valence-electron chi connectivity index (χ0n) is 12.2. The smallest absolute Gasteiger partial charge is 0.165 e. The lowest BCUT2D eigenvalue weighted by Gasteiger charge is -2.11. The van der Waals surface area contributed by atoms with Gasteiger partial charge in [0.2, 0.25) is 0 Å². The molecule has 0 aliphatic rings. The Morgan fingerprint density at radius 3 is 3.05 bits per heavy atom. The molecule has 7 heteroatoms. The van der Waals surface area contributed by atoms with E-state index in [0.717, 1.165) is 0 Å². The van der Waals surface area contributed by atoms with E-state index in [1.807, 2.05) is 0 Å². The molecule has 0 unspecified atom stereocenters. The molecule has 0 spiro atoms. The number of rotatable bonds is 3. The minimum absolute atomic E-state index is 0.0117. The summed E-state index contributed by atoms with van der Waals surface area (Å²) in [5.41, 5.74) is 0.634. The van der Waals surface area contributed by atoms with Crippen molar-refractivity contribution in [1.82, 2.24) is 9.97 Å². The highest BCUT2D eigenvalue weighted by Crippen LogP contribution is 2.34. The van der Waals surface area contributed by atoms with Gasteiger partial charge in [-0.1, -0.05) is 17.7 Å². The number of halogens is 2. The maximum absolute atomic E-state index is 14.0. The normalized spacial score (nSPS) is 11.3. The van der Waals surface area contributed by atoms with Crippen LogP contribution in [0.15, 0.2) is 36.7 Å². The minimum atomic E-state index is -0.598. The number of ether oxygens (including phenoxy) is 1. The molecule has 0 radical (unpaired) electrons. The number of methoxy groups -OCH3 is 1. The Bertz CT molecular complexity index is 879. The standard InChI is InChI=1S/C15H11ClFN3O2/c1-22-13-6-11-8(5-12(13)21)15(19-7-18-11)20-10-4-2-3-9(16)14(10)17/h2-7,21H,1H3,(H,18,19,20)/i1D. The van der Waals surface area contributed by atoms with Crippen molar-refractivity contribution in [2.45, 2.75) is 0 Å². The topological polar surface area (TPSA) is 67.3 Å². The molecule has 0 aliphatic carbocycles.